The lowest BCUT2D eigenvalue weighted by atomic mass is 9.96. The molecule has 7 rings (SSSR count). The first-order valence-electron chi connectivity index (χ1n) is 19.6. The Kier molecular flexibility index (Phi) is 10.8. The molecule has 3 aliphatic rings. The zero-order valence-electron chi connectivity index (χ0n) is 32.9. The van der Waals surface area contributed by atoms with Gasteiger partial charge in [-0.2, -0.15) is 0 Å². The van der Waals surface area contributed by atoms with Crippen molar-refractivity contribution in [2.75, 3.05) is 26.8 Å². The van der Waals surface area contributed by atoms with Gasteiger partial charge in [-0.05, 0) is 72.9 Å². The quantitative estimate of drug-likeness (QED) is 0.169. The molecule has 12 nitrogen and oxygen atoms in total. The first-order chi connectivity index (χ1) is 26.3. The van der Waals surface area contributed by atoms with Gasteiger partial charge >= 0.3 is 6.09 Å². The Morgan fingerprint density at radius 2 is 1.69 bits per heavy atom. The molecule has 55 heavy (non-hydrogen) atoms. The van der Waals surface area contributed by atoms with Crippen LogP contribution in [-0.4, -0.2) is 86.1 Å². The summed E-state index contributed by atoms with van der Waals surface area (Å²) in [6.45, 7) is 14.1. The molecule has 0 bridgehead atoms. The summed E-state index contributed by atoms with van der Waals surface area (Å²) in [6.07, 6.45) is 4.68. The highest BCUT2D eigenvalue weighted by Crippen LogP contribution is 2.45. The smallest absolute Gasteiger partial charge is 0.407 e. The van der Waals surface area contributed by atoms with Crippen LogP contribution in [0, 0.1) is 35.5 Å². The number of fused-ring (bicyclic) bond motifs is 1. The normalized spacial score (nSPS) is 23.4. The van der Waals surface area contributed by atoms with E-state index in [1.807, 2.05) is 73.0 Å². The van der Waals surface area contributed by atoms with Gasteiger partial charge in [0, 0.05) is 36.6 Å². The van der Waals surface area contributed by atoms with Crippen LogP contribution in [0.5, 0.6) is 0 Å². The number of imidazole rings is 2. The van der Waals surface area contributed by atoms with Gasteiger partial charge in [-0.3, -0.25) is 9.59 Å². The Morgan fingerprint density at radius 1 is 0.945 bits per heavy atom. The monoisotopic (exact) mass is 747 g/mol. The lowest BCUT2D eigenvalue weighted by Gasteiger charge is -2.30. The van der Waals surface area contributed by atoms with Crippen LogP contribution in [0.3, 0.4) is 0 Å². The van der Waals surface area contributed by atoms with Crippen molar-refractivity contribution in [2.45, 2.75) is 91.0 Å². The van der Waals surface area contributed by atoms with E-state index in [0.29, 0.717) is 13.1 Å². The molecule has 0 radical (unpaired) electrons. The number of hydrogen-bond donors (Lipinski definition) is 3. The van der Waals surface area contributed by atoms with Crippen molar-refractivity contribution in [3.8, 4) is 23.1 Å². The molecule has 2 aromatic carbocycles. The van der Waals surface area contributed by atoms with Gasteiger partial charge < -0.3 is 34.6 Å². The van der Waals surface area contributed by atoms with E-state index in [1.165, 1.54) is 7.11 Å². The molecule has 3 fully saturated rings. The second-order valence-electron chi connectivity index (χ2n) is 16.4. The molecule has 6 atom stereocenters. The summed E-state index contributed by atoms with van der Waals surface area (Å²) >= 11 is 0. The number of methoxy groups -OCH3 is 1. The molecule has 1 spiro atoms. The van der Waals surface area contributed by atoms with Crippen LogP contribution in [0.15, 0.2) is 48.7 Å². The van der Waals surface area contributed by atoms with Crippen LogP contribution >= 0.6 is 0 Å². The zero-order chi connectivity index (χ0) is 39.0. The fourth-order valence-electron chi connectivity index (χ4n) is 8.23. The Morgan fingerprint density at radius 3 is 2.38 bits per heavy atom. The molecule has 290 valence electrons. The van der Waals surface area contributed by atoms with Gasteiger partial charge in [0.15, 0.2) is 0 Å². The van der Waals surface area contributed by atoms with Crippen LogP contribution in [0.1, 0.15) is 102 Å². The number of amides is 3. The lowest BCUT2D eigenvalue weighted by Crippen LogP contribution is -2.51. The molecule has 0 unspecified atom stereocenters. The van der Waals surface area contributed by atoms with E-state index < -0.39 is 12.1 Å². The van der Waals surface area contributed by atoms with Crippen LogP contribution in [0.25, 0.3) is 22.3 Å². The molecule has 3 saturated heterocycles. The molecule has 3 N–H and O–H groups in total. The number of aromatic amines is 2. The lowest BCUT2D eigenvalue weighted by molar-refractivity contribution is -0.138. The molecule has 12 heteroatoms. The Balaban J connectivity index is 1.05. The van der Waals surface area contributed by atoms with E-state index in [9.17, 15) is 14.4 Å². The number of nitrogens with zero attached hydrogens (tertiary/aromatic N) is 4. The minimum Gasteiger partial charge on any atom is -0.453 e. The number of carbonyl (C=O) groups excluding carboxylic acids is 3. The van der Waals surface area contributed by atoms with Crippen molar-refractivity contribution < 1.29 is 23.9 Å². The molecule has 3 aliphatic heterocycles. The van der Waals surface area contributed by atoms with E-state index in [2.05, 4.69) is 47.9 Å². The number of rotatable bonds is 8. The molecule has 0 saturated carbocycles. The minimum atomic E-state index is -0.694. The van der Waals surface area contributed by atoms with Crippen molar-refractivity contribution in [1.29, 1.82) is 0 Å². The largest absolute Gasteiger partial charge is 0.453 e. The Hall–Kier alpha value is -5.15. The van der Waals surface area contributed by atoms with Crippen LogP contribution < -0.4 is 5.32 Å². The summed E-state index contributed by atoms with van der Waals surface area (Å²) < 4.78 is 11.0. The average molecular weight is 748 g/mol. The highest BCUT2D eigenvalue weighted by atomic mass is 16.5. The summed E-state index contributed by atoms with van der Waals surface area (Å²) in [4.78, 5) is 59.8. The summed E-state index contributed by atoms with van der Waals surface area (Å²) in [5, 5.41) is 2.71. The topological polar surface area (TPSA) is 146 Å². The fourth-order valence-corrected chi connectivity index (χ4v) is 8.23. The number of benzene rings is 2. The van der Waals surface area contributed by atoms with Crippen LogP contribution in [0.2, 0.25) is 0 Å². The third-order valence-corrected chi connectivity index (χ3v) is 11.7. The summed E-state index contributed by atoms with van der Waals surface area (Å²) in [5.74, 6) is 8.48. The van der Waals surface area contributed by atoms with Gasteiger partial charge in [0.05, 0.1) is 54.3 Å². The average Bonchev–Trinajstić information content (AvgIpc) is 4.03. The number of hydrogen-bond acceptors (Lipinski definition) is 7. The van der Waals surface area contributed by atoms with Crippen molar-refractivity contribution in [2.24, 2.45) is 23.7 Å². The first kappa shape index (κ1) is 38.1. The number of carbonyl (C=O) groups is 3. The molecular formula is C43H53N7O5. The molecule has 5 heterocycles. The second kappa shape index (κ2) is 15.5. The third-order valence-electron chi connectivity index (χ3n) is 11.7. The molecule has 0 aliphatic carbocycles. The van der Waals surface area contributed by atoms with E-state index >= 15 is 0 Å². The summed E-state index contributed by atoms with van der Waals surface area (Å²) in [6, 6.07) is 12.9. The van der Waals surface area contributed by atoms with Gasteiger partial charge in [-0.15, -0.1) is 0 Å². The van der Waals surface area contributed by atoms with Crippen LogP contribution in [-0.2, 0) is 19.1 Å². The van der Waals surface area contributed by atoms with Crippen molar-refractivity contribution in [1.82, 2.24) is 35.1 Å². The highest BCUT2D eigenvalue weighted by molar-refractivity contribution is 5.86. The number of H-pyrrole nitrogens is 2. The number of likely N-dealkylation sites (tertiary alicyclic amines) is 2. The van der Waals surface area contributed by atoms with Gasteiger partial charge in [0.25, 0.3) is 0 Å². The Labute approximate surface area is 323 Å². The van der Waals surface area contributed by atoms with Crippen molar-refractivity contribution in [3.05, 3.63) is 71.4 Å². The number of ether oxygens (including phenoxy) is 2. The van der Waals surface area contributed by atoms with Gasteiger partial charge in [0.1, 0.15) is 17.7 Å². The van der Waals surface area contributed by atoms with E-state index in [1.54, 1.807) is 6.20 Å². The van der Waals surface area contributed by atoms with Crippen molar-refractivity contribution >= 4 is 28.9 Å². The standard InChI is InChI=1S/C43H53N7O5/c1-25(2)28(6)40(51)50-24-43(17-8-18-55-43)21-36(50)39-45-32-16-13-30(20-33(32)46-39)10-9-29-11-14-31(15-12-29)34-22-44-38(47-34)35-19-27(5)23-49(35)41(52)37(26(3)4)48-42(53)54-7/h11-16,20,22,25-28,35-37H,8,17-19,21,23-24H2,1-7H3,(H,44,47)(H,45,46)(H,48,53)/t27-,28+,35+,36+,37+,43+/m1/s1. The Bertz CT molecular complexity index is 2100. The number of alkyl carbamates (subject to hydrolysis) is 1. The second-order valence-corrected chi connectivity index (χ2v) is 16.4. The van der Waals surface area contributed by atoms with Gasteiger partial charge in [0.2, 0.25) is 11.8 Å². The maximum absolute atomic E-state index is 13.7. The zero-order valence-corrected chi connectivity index (χ0v) is 32.9. The maximum Gasteiger partial charge on any atom is 0.407 e. The van der Waals surface area contributed by atoms with Gasteiger partial charge in [-0.25, -0.2) is 14.8 Å². The number of aromatic nitrogens is 4. The minimum absolute atomic E-state index is 0.0812. The first-order valence-corrected chi connectivity index (χ1v) is 19.6. The molecule has 3 amide bonds. The summed E-state index contributed by atoms with van der Waals surface area (Å²) in [5.41, 5.74) is 4.98. The number of nitrogens with one attached hydrogen (secondary N) is 3. The molecule has 4 aromatic rings. The molecular weight excluding hydrogens is 695 g/mol. The van der Waals surface area contributed by atoms with Crippen molar-refractivity contribution in [3.63, 3.8) is 0 Å². The van der Waals surface area contributed by atoms with Crippen LogP contribution in [0.4, 0.5) is 4.79 Å². The third kappa shape index (κ3) is 7.85. The van der Waals surface area contributed by atoms with E-state index in [0.717, 1.165) is 77.4 Å². The van der Waals surface area contributed by atoms with E-state index in [-0.39, 0.29) is 53.2 Å². The predicted molar refractivity (Wildman–Crippen MR) is 209 cm³/mol. The predicted octanol–water partition coefficient (Wildman–Crippen LogP) is 6.76. The molecule has 2 aromatic heterocycles. The highest BCUT2D eigenvalue weighted by Gasteiger charge is 2.50. The SMILES string of the molecule is COC(=O)N[C@H](C(=O)N1C[C@H](C)C[C@H]1c1ncc(-c2ccc(C#Cc3ccc4nc([C@@H]5C[C@@]6(CCCO6)CN5C(=O)[C@@H](C)C(C)C)[nH]c4c3)cc2)[nH]1)C(C)C. The van der Waals surface area contributed by atoms with E-state index in [4.69, 9.17) is 19.4 Å². The van der Waals surface area contributed by atoms with Gasteiger partial charge in [-0.1, -0.05) is 65.5 Å². The summed E-state index contributed by atoms with van der Waals surface area (Å²) in [7, 11) is 1.29. The maximum atomic E-state index is 13.7. The fraction of sp³-hybridized carbons (Fsp3) is 0.512.